The Kier molecular flexibility index (Phi) is 7.31. The predicted octanol–water partition coefficient (Wildman–Crippen LogP) is 1.07. The molecular weight excluding hydrogens is 384 g/mol. The molecule has 1 aromatic carbocycles. The minimum atomic E-state index is -0.387. The van der Waals surface area contributed by atoms with Crippen molar-refractivity contribution in [1.82, 2.24) is 20.4 Å². The van der Waals surface area contributed by atoms with Crippen LogP contribution in [0.5, 0.6) is 5.75 Å². The quantitative estimate of drug-likeness (QED) is 0.662. The molecule has 0 radical (unpaired) electrons. The summed E-state index contributed by atoms with van der Waals surface area (Å²) in [5, 5.41) is 5.92. The van der Waals surface area contributed by atoms with Gasteiger partial charge in [0.1, 0.15) is 5.75 Å². The van der Waals surface area contributed by atoms with Gasteiger partial charge in [-0.15, -0.1) is 0 Å². The number of carbonyl (C=O) groups is 3. The summed E-state index contributed by atoms with van der Waals surface area (Å²) in [5.41, 5.74) is 0.864. The Bertz CT molecular complexity index is 755. The monoisotopic (exact) mass is 416 g/mol. The molecule has 2 atom stereocenters. The average molecular weight is 417 g/mol. The third kappa shape index (κ3) is 5.95. The summed E-state index contributed by atoms with van der Waals surface area (Å²) in [5.74, 6) is 0.619. The van der Waals surface area contributed by atoms with Crippen LogP contribution >= 0.6 is 0 Å². The van der Waals surface area contributed by atoms with Crippen LogP contribution in [-0.4, -0.2) is 72.9 Å². The van der Waals surface area contributed by atoms with Crippen molar-refractivity contribution in [1.29, 1.82) is 0 Å². The van der Waals surface area contributed by atoms with Crippen molar-refractivity contribution in [2.24, 2.45) is 0 Å². The highest BCUT2D eigenvalue weighted by atomic mass is 16.5. The van der Waals surface area contributed by atoms with Crippen molar-refractivity contribution in [2.45, 2.75) is 51.2 Å². The smallest absolute Gasteiger partial charge is 0.237 e. The summed E-state index contributed by atoms with van der Waals surface area (Å²) in [4.78, 5) is 40.8. The number of carbonyl (C=O) groups excluding carboxylic acids is 3. The van der Waals surface area contributed by atoms with Crippen LogP contribution < -0.4 is 15.4 Å². The minimum Gasteiger partial charge on any atom is -0.497 e. The van der Waals surface area contributed by atoms with Gasteiger partial charge >= 0.3 is 0 Å². The van der Waals surface area contributed by atoms with Crippen molar-refractivity contribution in [2.75, 3.05) is 33.3 Å². The van der Waals surface area contributed by atoms with Crippen molar-refractivity contribution in [3.8, 4) is 5.75 Å². The van der Waals surface area contributed by atoms with Crippen molar-refractivity contribution in [3.63, 3.8) is 0 Å². The number of hydrogen-bond donors (Lipinski definition) is 2. The molecule has 1 saturated heterocycles. The lowest BCUT2D eigenvalue weighted by molar-refractivity contribution is -0.134. The van der Waals surface area contributed by atoms with E-state index in [1.165, 1.54) is 6.92 Å². The summed E-state index contributed by atoms with van der Waals surface area (Å²) in [6.45, 7) is 5.86. The van der Waals surface area contributed by atoms with Gasteiger partial charge in [-0.3, -0.25) is 19.3 Å². The number of hydrogen-bond acceptors (Lipinski definition) is 5. The van der Waals surface area contributed by atoms with E-state index in [9.17, 15) is 14.4 Å². The van der Waals surface area contributed by atoms with Gasteiger partial charge in [0.2, 0.25) is 17.7 Å². The van der Waals surface area contributed by atoms with Crippen molar-refractivity contribution < 1.29 is 19.1 Å². The van der Waals surface area contributed by atoms with E-state index in [0.29, 0.717) is 32.2 Å². The largest absolute Gasteiger partial charge is 0.497 e. The van der Waals surface area contributed by atoms with E-state index >= 15 is 0 Å². The van der Waals surface area contributed by atoms with E-state index in [1.54, 1.807) is 7.11 Å². The second kappa shape index (κ2) is 9.93. The number of piperazine rings is 1. The zero-order valence-corrected chi connectivity index (χ0v) is 18.0. The SMILES string of the molecule is COc1ccc(C(CC(=O)N2CCN(C(C)C(=O)NC3CC3)CC2)NC(C)=O)cc1. The van der Waals surface area contributed by atoms with Crippen LogP contribution in [-0.2, 0) is 14.4 Å². The summed E-state index contributed by atoms with van der Waals surface area (Å²) >= 11 is 0. The highest BCUT2D eigenvalue weighted by Gasteiger charge is 2.31. The lowest BCUT2D eigenvalue weighted by atomic mass is 10.0. The van der Waals surface area contributed by atoms with Gasteiger partial charge in [-0.1, -0.05) is 12.1 Å². The normalized spacial score (nSPS) is 19.0. The van der Waals surface area contributed by atoms with E-state index in [0.717, 1.165) is 24.2 Å². The summed E-state index contributed by atoms with van der Waals surface area (Å²) in [6, 6.07) is 7.15. The summed E-state index contributed by atoms with van der Waals surface area (Å²) in [7, 11) is 1.60. The van der Waals surface area contributed by atoms with E-state index in [-0.39, 0.29) is 36.2 Å². The van der Waals surface area contributed by atoms with Crippen LogP contribution in [0.3, 0.4) is 0 Å². The molecule has 1 heterocycles. The Morgan fingerprint density at radius 3 is 2.27 bits per heavy atom. The van der Waals surface area contributed by atoms with E-state index in [4.69, 9.17) is 4.74 Å². The molecule has 8 nitrogen and oxygen atoms in total. The Morgan fingerprint density at radius 2 is 1.73 bits per heavy atom. The first-order chi connectivity index (χ1) is 14.4. The lowest BCUT2D eigenvalue weighted by Crippen LogP contribution is -2.55. The van der Waals surface area contributed by atoms with Gasteiger partial charge in [-0.2, -0.15) is 0 Å². The fourth-order valence-electron chi connectivity index (χ4n) is 3.71. The van der Waals surface area contributed by atoms with Crippen LogP contribution in [0.15, 0.2) is 24.3 Å². The first kappa shape index (κ1) is 22.1. The van der Waals surface area contributed by atoms with Crippen LogP contribution in [0, 0.1) is 0 Å². The van der Waals surface area contributed by atoms with Gasteiger partial charge in [-0.25, -0.2) is 0 Å². The first-order valence-electron chi connectivity index (χ1n) is 10.6. The lowest BCUT2D eigenvalue weighted by Gasteiger charge is -2.38. The molecule has 1 aliphatic carbocycles. The molecule has 0 bridgehead atoms. The second-order valence-electron chi connectivity index (χ2n) is 8.11. The van der Waals surface area contributed by atoms with Crippen molar-refractivity contribution >= 4 is 17.7 Å². The van der Waals surface area contributed by atoms with E-state index in [2.05, 4.69) is 15.5 Å². The van der Waals surface area contributed by atoms with Crippen LogP contribution in [0.1, 0.15) is 44.7 Å². The number of ether oxygens (including phenoxy) is 1. The molecule has 2 unspecified atom stereocenters. The zero-order chi connectivity index (χ0) is 21.7. The molecule has 1 aromatic rings. The molecule has 2 N–H and O–H groups in total. The zero-order valence-electron chi connectivity index (χ0n) is 18.0. The van der Waals surface area contributed by atoms with Crippen molar-refractivity contribution in [3.05, 3.63) is 29.8 Å². The van der Waals surface area contributed by atoms with Gasteiger partial charge in [0.25, 0.3) is 0 Å². The van der Waals surface area contributed by atoms with Crippen LogP contribution in [0.25, 0.3) is 0 Å². The molecule has 164 valence electrons. The molecular formula is C22H32N4O4. The predicted molar refractivity (Wildman–Crippen MR) is 113 cm³/mol. The highest BCUT2D eigenvalue weighted by Crippen LogP contribution is 2.22. The molecule has 0 aromatic heterocycles. The summed E-state index contributed by atoms with van der Waals surface area (Å²) < 4.78 is 5.18. The fraction of sp³-hybridized carbons (Fsp3) is 0.591. The molecule has 2 fully saturated rings. The Hall–Kier alpha value is -2.61. The molecule has 30 heavy (non-hydrogen) atoms. The maximum atomic E-state index is 12.9. The van der Waals surface area contributed by atoms with E-state index < -0.39 is 0 Å². The highest BCUT2D eigenvalue weighted by molar-refractivity contribution is 5.82. The number of methoxy groups -OCH3 is 1. The molecule has 3 rings (SSSR count). The maximum Gasteiger partial charge on any atom is 0.237 e. The molecule has 8 heteroatoms. The number of nitrogens with one attached hydrogen (secondary N) is 2. The minimum absolute atomic E-state index is 0.000645. The molecule has 0 spiro atoms. The molecule has 1 aliphatic heterocycles. The standard InChI is InChI=1S/C22H32N4O4/c1-15(22(29)24-18-6-7-18)25-10-12-26(13-11-25)21(28)14-20(23-16(2)27)17-4-8-19(30-3)9-5-17/h4-5,8-9,15,18,20H,6-7,10-14H2,1-3H3,(H,23,27)(H,24,29). The number of nitrogens with zero attached hydrogens (tertiary/aromatic N) is 2. The van der Waals surface area contributed by atoms with Crippen LogP contribution in [0.2, 0.25) is 0 Å². The molecule has 3 amide bonds. The number of benzene rings is 1. The van der Waals surface area contributed by atoms with Gasteiger partial charge < -0.3 is 20.3 Å². The van der Waals surface area contributed by atoms with Crippen LogP contribution in [0.4, 0.5) is 0 Å². The second-order valence-corrected chi connectivity index (χ2v) is 8.11. The first-order valence-corrected chi connectivity index (χ1v) is 10.6. The van der Waals surface area contributed by atoms with Gasteiger partial charge in [0.05, 0.1) is 25.6 Å². The number of rotatable bonds is 8. The van der Waals surface area contributed by atoms with Gasteiger partial charge in [-0.05, 0) is 37.5 Å². The van der Waals surface area contributed by atoms with Gasteiger partial charge in [0, 0.05) is 39.1 Å². The fourth-order valence-corrected chi connectivity index (χ4v) is 3.71. The summed E-state index contributed by atoms with van der Waals surface area (Å²) in [6.07, 6.45) is 2.35. The topological polar surface area (TPSA) is 91.0 Å². The Morgan fingerprint density at radius 1 is 1.10 bits per heavy atom. The molecule has 1 saturated carbocycles. The maximum absolute atomic E-state index is 12.9. The molecule has 2 aliphatic rings. The van der Waals surface area contributed by atoms with E-state index in [1.807, 2.05) is 36.1 Å². The third-order valence-corrected chi connectivity index (χ3v) is 5.79. The Balaban J connectivity index is 1.54. The Labute approximate surface area is 177 Å². The van der Waals surface area contributed by atoms with Gasteiger partial charge in [0.15, 0.2) is 0 Å². The number of amides is 3. The third-order valence-electron chi connectivity index (χ3n) is 5.79. The average Bonchev–Trinajstić information content (AvgIpc) is 3.56.